The quantitative estimate of drug-likeness (QED) is 0.796. The molecular weight excluding hydrogens is 346 g/mol. The van der Waals surface area contributed by atoms with E-state index in [9.17, 15) is 13.2 Å². The summed E-state index contributed by atoms with van der Waals surface area (Å²) in [5.74, 6) is -0.350. The van der Waals surface area contributed by atoms with Crippen LogP contribution in [0, 0.1) is 25.2 Å². The van der Waals surface area contributed by atoms with Gasteiger partial charge < -0.3 is 4.90 Å². The third kappa shape index (κ3) is 3.19. The van der Waals surface area contributed by atoms with Crippen molar-refractivity contribution in [3.8, 4) is 6.07 Å². The lowest BCUT2D eigenvalue weighted by atomic mass is 10.1. The van der Waals surface area contributed by atoms with Crippen LogP contribution in [-0.4, -0.2) is 42.3 Å². The average Bonchev–Trinajstić information content (AvgIpc) is 2.93. The van der Waals surface area contributed by atoms with Crippen LogP contribution in [0.4, 0.5) is 5.69 Å². The lowest BCUT2D eigenvalue weighted by molar-refractivity contribution is -0.116. The van der Waals surface area contributed by atoms with Gasteiger partial charge in [0.1, 0.15) is 6.42 Å². The Labute approximate surface area is 145 Å². The van der Waals surface area contributed by atoms with Crippen LogP contribution in [0.5, 0.6) is 0 Å². The van der Waals surface area contributed by atoms with Gasteiger partial charge in [0.15, 0.2) is 15.0 Å². The molecule has 0 spiro atoms. The second kappa shape index (κ2) is 6.22. The number of benzene rings is 1. The molecule has 0 N–H and O–H groups in total. The number of nitriles is 1. The maximum Gasteiger partial charge on any atom is 0.262 e. The number of hydrogen-bond acceptors (Lipinski definition) is 5. The van der Waals surface area contributed by atoms with Crippen LogP contribution in [0.15, 0.2) is 23.2 Å². The molecule has 1 aromatic carbocycles. The highest BCUT2D eigenvalue weighted by Crippen LogP contribution is 2.42. The summed E-state index contributed by atoms with van der Waals surface area (Å²) >= 11 is 1.32. The van der Waals surface area contributed by atoms with Crippen molar-refractivity contribution in [2.45, 2.75) is 31.6 Å². The van der Waals surface area contributed by atoms with E-state index in [0.717, 1.165) is 16.8 Å². The average molecular weight is 363 g/mol. The molecule has 0 aromatic heterocycles. The number of thioether (sulfide) groups is 1. The fourth-order valence-electron chi connectivity index (χ4n) is 3.04. The Morgan fingerprint density at radius 3 is 2.88 bits per heavy atom. The molecule has 1 amide bonds. The Kier molecular flexibility index (Phi) is 4.40. The zero-order valence-electron chi connectivity index (χ0n) is 13.4. The van der Waals surface area contributed by atoms with Gasteiger partial charge in [-0.2, -0.15) is 10.3 Å². The molecule has 2 heterocycles. The highest BCUT2D eigenvalue weighted by molar-refractivity contribution is 8.16. The van der Waals surface area contributed by atoms with E-state index in [4.69, 9.17) is 5.26 Å². The van der Waals surface area contributed by atoms with Crippen LogP contribution in [0.3, 0.4) is 0 Å². The van der Waals surface area contributed by atoms with Crippen molar-refractivity contribution in [1.82, 2.24) is 0 Å². The number of aliphatic imine (C=N–C) groups is 1. The molecule has 24 heavy (non-hydrogen) atoms. The standard InChI is InChI=1S/C16H17N3O3S2/c1-10-3-4-11(2)12(7-10)19-13-8-24(21,22)9-14(13)23-16(19)18-15(20)5-6-17/h3-4,7,13-14H,5,8-9H2,1-2H3/t13-,14+/m0/s1. The van der Waals surface area contributed by atoms with E-state index in [0.29, 0.717) is 5.17 Å². The number of anilines is 1. The van der Waals surface area contributed by atoms with Gasteiger partial charge in [-0.05, 0) is 31.0 Å². The first-order valence-electron chi connectivity index (χ1n) is 7.53. The van der Waals surface area contributed by atoms with Crippen molar-refractivity contribution in [1.29, 1.82) is 5.26 Å². The predicted molar refractivity (Wildman–Crippen MR) is 94.9 cm³/mol. The zero-order valence-corrected chi connectivity index (χ0v) is 15.0. The van der Waals surface area contributed by atoms with Gasteiger partial charge in [-0.1, -0.05) is 23.9 Å². The number of carbonyl (C=O) groups is 1. The number of fused-ring (bicyclic) bond motifs is 1. The molecule has 0 bridgehead atoms. The molecule has 2 fully saturated rings. The van der Waals surface area contributed by atoms with Crippen LogP contribution >= 0.6 is 11.8 Å². The Balaban J connectivity index is 2.06. The third-order valence-corrected chi connectivity index (χ3v) is 7.35. The van der Waals surface area contributed by atoms with Crippen LogP contribution < -0.4 is 4.90 Å². The predicted octanol–water partition coefficient (Wildman–Crippen LogP) is 1.82. The second-order valence-corrected chi connectivity index (χ2v) is 9.44. The van der Waals surface area contributed by atoms with Gasteiger partial charge in [-0.15, -0.1) is 0 Å². The number of sulfone groups is 1. The highest BCUT2D eigenvalue weighted by atomic mass is 32.2. The minimum absolute atomic E-state index is 0.0590. The zero-order chi connectivity index (χ0) is 17.5. The maximum atomic E-state index is 12.0. The summed E-state index contributed by atoms with van der Waals surface area (Å²) in [4.78, 5) is 17.8. The van der Waals surface area contributed by atoms with Crippen molar-refractivity contribution < 1.29 is 13.2 Å². The topological polar surface area (TPSA) is 90.6 Å². The third-order valence-electron chi connectivity index (χ3n) is 4.14. The number of hydrogen-bond donors (Lipinski definition) is 0. The van der Waals surface area contributed by atoms with Crippen molar-refractivity contribution in [3.05, 3.63) is 29.3 Å². The van der Waals surface area contributed by atoms with E-state index in [1.54, 1.807) is 6.07 Å². The van der Waals surface area contributed by atoms with Crippen LogP contribution in [0.1, 0.15) is 17.5 Å². The molecule has 8 heteroatoms. The van der Waals surface area contributed by atoms with E-state index in [1.165, 1.54) is 11.8 Å². The van der Waals surface area contributed by atoms with Gasteiger partial charge in [-0.3, -0.25) is 4.79 Å². The Hall–Kier alpha value is -1.85. The van der Waals surface area contributed by atoms with Crippen molar-refractivity contribution in [2.24, 2.45) is 4.99 Å². The molecule has 126 valence electrons. The fraction of sp³-hybridized carbons (Fsp3) is 0.438. The molecule has 0 unspecified atom stereocenters. The van der Waals surface area contributed by atoms with E-state index in [2.05, 4.69) is 4.99 Å². The lowest BCUT2D eigenvalue weighted by Gasteiger charge is -2.26. The first kappa shape index (κ1) is 17.0. The highest BCUT2D eigenvalue weighted by Gasteiger charge is 2.49. The summed E-state index contributed by atoms with van der Waals surface area (Å²) in [7, 11) is -3.09. The van der Waals surface area contributed by atoms with Gasteiger partial charge in [0.2, 0.25) is 0 Å². The summed E-state index contributed by atoms with van der Waals surface area (Å²) in [6, 6.07) is 7.51. The van der Waals surface area contributed by atoms with Gasteiger partial charge in [0.05, 0.1) is 23.6 Å². The number of amides is 1. The molecule has 1 aromatic rings. The first-order chi connectivity index (χ1) is 11.3. The monoisotopic (exact) mass is 363 g/mol. The Bertz CT molecular complexity index is 871. The van der Waals surface area contributed by atoms with Crippen molar-refractivity contribution in [3.63, 3.8) is 0 Å². The van der Waals surface area contributed by atoms with Gasteiger partial charge >= 0.3 is 0 Å². The molecular formula is C16H17N3O3S2. The van der Waals surface area contributed by atoms with Gasteiger partial charge in [-0.25, -0.2) is 8.42 Å². The molecule has 2 aliphatic heterocycles. The van der Waals surface area contributed by atoms with E-state index >= 15 is 0 Å². The van der Waals surface area contributed by atoms with Crippen LogP contribution in [0.25, 0.3) is 0 Å². The number of amidine groups is 1. The Morgan fingerprint density at radius 1 is 1.42 bits per heavy atom. The van der Waals surface area contributed by atoms with Crippen molar-refractivity contribution in [2.75, 3.05) is 16.4 Å². The molecule has 6 nitrogen and oxygen atoms in total. The summed E-state index contributed by atoms with van der Waals surface area (Å²) in [5, 5.41) is 9.02. The lowest BCUT2D eigenvalue weighted by Crippen LogP contribution is -2.38. The number of aryl methyl sites for hydroxylation is 2. The molecule has 2 atom stereocenters. The first-order valence-corrected chi connectivity index (χ1v) is 10.2. The number of nitrogens with zero attached hydrogens (tertiary/aromatic N) is 3. The summed E-state index contributed by atoms with van der Waals surface area (Å²) in [5.41, 5.74) is 2.91. The van der Waals surface area contributed by atoms with Crippen molar-refractivity contribution >= 4 is 38.4 Å². The molecule has 2 saturated heterocycles. The smallest absolute Gasteiger partial charge is 0.262 e. The molecule has 2 aliphatic rings. The van der Waals surface area contributed by atoms with Crippen LogP contribution in [0.2, 0.25) is 0 Å². The SMILES string of the molecule is Cc1ccc(C)c(N2C(=NC(=O)CC#N)S[C@@H]3CS(=O)(=O)C[C@@H]32)c1. The molecule has 0 radical (unpaired) electrons. The number of rotatable bonds is 2. The minimum Gasteiger partial charge on any atom is -0.315 e. The largest absolute Gasteiger partial charge is 0.315 e. The number of carbonyl (C=O) groups excluding carboxylic acids is 1. The van der Waals surface area contributed by atoms with E-state index in [-0.39, 0.29) is 29.2 Å². The fourth-order valence-corrected chi connectivity index (χ4v) is 6.96. The van der Waals surface area contributed by atoms with E-state index in [1.807, 2.05) is 36.9 Å². The molecule has 3 rings (SSSR count). The minimum atomic E-state index is -3.09. The van der Waals surface area contributed by atoms with Crippen LogP contribution in [-0.2, 0) is 14.6 Å². The normalized spacial score (nSPS) is 26.4. The van der Waals surface area contributed by atoms with Gasteiger partial charge in [0.25, 0.3) is 5.91 Å². The maximum absolute atomic E-state index is 12.0. The Morgan fingerprint density at radius 2 is 2.17 bits per heavy atom. The van der Waals surface area contributed by atoms with E-state index < -0.39 is 15.7 Å². The summed E-state index contributed by atoms with van der Waals surface area (Å²) in [6.45, 7) is 3.91. The molecule has 0 aliphatic carbocycles. The second-order valence-electron chi connectivity index (χ2n) is 6.08. The van der Waals surface area contributed by atoms with Gasteiger partial charge in [0, 0.05) is 10.9 Å². The summed E-state index contributed by atoms with van der Waals surface area (Å²) < 4.78 is 24.0. The molecule has 0 saturated carbocycles. The summed E-state index contributed by atoms with van der Waals surface area (Å²) in [6.07, 6.45) is -0.279.